The summed E-state index contributed by atoms with van der Waals surface area (Å²) in [4.78, 5) is 12.0. The molecule has 0 spiro atoms. The van der Waals surface area contributed by atoms with E-state index in [0.717, 1.165) is 24.1 Å². The Morgan fingerprint density at radius 2 is 1.67 bits per heavy atom. The third kappa shape index (κ3) is 3.45. The second-order valence-corrected chi connectivity index (χ2v) is 4.89. The van der Waals surface area contributed by atoms with Crippen molar-refractivity contribution in [2.75, 3.05) is 0 Å². The maximum Gasteiger partial charge on any atom is 0.257 e. The zero-order valence-corrected chi connectivity index (χ0v) is 12.0. The number of hydrogen-bond donors (Lipinski definition) is 1. The van der Waals surface area contributed by atoms with E-state index in [4.69, 9.17) is 0 Å². The summed E-state index contributed by atoms with van der Waals surface area (Å²) < 4.78 is 27.1. The van der Waals surface area contributed by atoms with Crippen LogP contribution in [0, 0.1) is 11.6 Å². The summed E-state index contributed by atoms with van der Waals surface area (Å²) in [6.45, 7) is 3.83. The van der Waals surface area contributed by atoms with E-state index in [1.165, 1.54) is 11.6 Å². The molecular formula is C17H17F2NO. The van der Waals surface area contributed by atoms with Crippen molar-refractivity contribution in [1.82, 2.24) is 5.32 Å². The van der Waals surface area contributed by atoms with Gasteiger partial charge in [0, 0.05) is 0 Å². The predicted octanol–water partition coefficient (Wildman–Crippen LogP) is 4.02. The number of rotatable bonds is 4. The van der Waals surface area contributed by atoms with Crippen molar-refractivity contribution in [3.63, 3.8) is 0 Å². The highest BCUT2D eigenvalue weighted by atomic mass is 19.1. The highest BCUT2D eigenvalue weighted by Crippen LogP contribution is 2.17. The minimum atomic E-state index is -0.860. The van der Waals surface area contributed by atoms with E-state index in [0.29, 0.717) is 0 Å². The first-order valence-corrected chi connectivity index (χ1v) is 6.86. The lowest BCUT2D eigenvalue weighted by molar-refractivity contribution is 0.0931. The van der Waals surface area contributed by atoms with Gasteiger partial charge in [-0.25, -0.2) is 8.78 Å². The zero-order valence-electron chi connectivity index (χ0n) is 12.0. The zero-order chi connectivity index (χ0) is 15.4. The Balaban J connectivity index is 2.15. The normalized spacial score (nSPS) is 12.0. The molecule has 0 bridgehead atoms. The van der Waals surface area contributed by atoms with Crippen LogP contribution in [0.1, 0.15) is 41.4 Å². The third-order valence-electron chi connectivity index (χ3n) is 3.43. The van der Waals surface area contributed by atoms with Gasteiger partial charge in [0.25, 0.3) is 5.91 Å². The summed E-state index contributed by atoms with van der Waals surface area (Å²) in [5, 5.41) is 2.61. The van der Waals surface area contributed by atoms with Crippen LogP contribution in [-0.2, 0) is 6.42 Å². The first kappa shape index (κ1) is 15.2. The number of aryl methyl sites for hydroxylation is 1. The van der Waals surface area contributed by atoms with Crippen molar-refractivity contribution in [2.24, 2.45) is 0 Å². The number of nitrogens with one attached hydrogen (secondary N) is 1. The SMILES string of the molecule is CCc1ccc(C(C)NC(=O)c2c(F)cccc2F)cc1. The second kappa shape index (κ2) is 6.48. The molecule has 0 radical (unpaired) electrons. The Kier molecular flexibility index (Phi) is 4.68. The van der Waals surface area contributed by atoms with Crippen molar-refractivity contribution in [2.45, 2.75) is 26.3 Å². The van der Waals surface area contributed by atoms with Gasteiger partial charge in [0.2, 0.25) is 0 Å². The molecule has 2 nitrogen and oxygen atoms in total. The van der Waals surface area contributed by atoms with Gasteiger partial charge in [0.05, 0.1) is 6.04 Å². The maximum atomic E-state index is 13.6. The van der Waals surface area contributed by atoms with E-state index in [-0.39, 0.29) is 6.04 Å². The van der Waals surface area contributed by atoms with Crippen molar-refractivity contribution in [3.8, 4) is 0 Å². The molecule has 4 heteroatoms. The van der Waals surface area contributed by atoms with Gasteiger partial charge in [0.1, 0.15) is 17.2 Å². The van der Waals surface area contributed by atoms with E-state index in [1.54, 1.807) is 6.92 Å². The molecule has 1 unspecified atom stereocenters. The molecule has 0 fully saturated rings. The van der Waals surface area contributed by atoms with Crippen LogP contribution in [0.15, 0.2) is 42.5 Å². The Morgan fingerprint density at radius 3 is 2.19 bits per heavy atom. The number of carbonyl (C=O) groups is 1. The highest BCUT2D eigenvalue weighted by Gasteiger charge is 2.19. The Labute approximate surface area is 122 Å². The van der Waals surface area contributed by atoms with Crippen LogP contribution >= 0.6 is 0 Å². The molecule has 0 saturated heterocycles. The smallest absolute Gasteiger partial charge is 0.257 e. The highest BCUT2D eigenvalue weighted by molar-refractivity contribution is 5.95. The number of amides is 1. The molecule has 2 aromatic carbocycles. The lowest BCUT2D eigenvalue weighted by Crippen LogP contribution is -2.28. The van der Waals surface area contributed by atoms with Crippen molar-refractivity contribution >= 4 is 5.91 Å². The van der Waals surface area contributed by atoms with Crippen LogP contribution in [0.5, 0.6) is 0 Å². The van der Waals surface area contributed by atoms with E-state index >= 15 is 0 Å². The molecule has 1 atom stereocenters. The van der Waals surface area contributed by atoms with Crippen molar-refractivity contribution in [1.29, 1.82) is 0 Å². The molecule has 21 heavy (non-hydrogen) atoms. The molecule has 0 aliphatic carbocycles. The molecule has 0 aliphatic rings. The minimum absolute atomic E-state index is 0.331. The lowest BCUT2D eigenvalue weighted by atomic mass is 10.0. The van der Waals surface area contributed by atoms with Gasteiger partial charge >= 0.3 is 0 Å². The fourth-order valence-electron chi connectivity index (χ4n) is 2.11. The fraction of sp³-hybridized carbons (Fsp3) is 0.235. The van der Waals surface area contributed by atoms with Crippen LogP contribution in [0.25, 0.3) is 0 Å². The van der Waals surface area contributed by atoms with Gasteiger partial charge in [-0.15, -0.1) is 0 Å². The van der Waals surface area contributed by atoms with Gasteiger partial charge in [-0.3, -0.25) is 4.79 Å². The molecule has 1 amide bonds. The predicted molar refractivity (Wildman–Crippen MR) is 78.1 cm³/mol. The Morgan fingerprint density at radius 1 is 1.10 bits per heavy atom. The number of halogens is 2. The van der Waals surface area contributed by atoms with Crippen LogP contribution in [-0.4, -0.2) is 5.91 Å². The largest absolute Gasteiger partial charge is 0.345 e. The van der Waals surface area contributed by atoms with E-state index in [9.17, 15) is 13.6 Å². The lowest BCUT2D eigenvalue weighted by Gasteiger charge is -2.15. The summed E-state index contributed by atoms with van der Waals surface area (Å²) in [6.07, 6.45) is 0.932. The maximum absolute atomic E-state index is 13.6. The third-order valence-corrected chi connectivity index (χ3v) is 3.43. The fourth-order valence-corrected chi connectivity index (χ4v) is 2.11. The van der Waals surface area contributed by atoms with Crippen LogP contribution in [0.2, 0.25) is 0 Å². The van der Waals surface area contributed by atoms with Gasteiger partial charge in [-0.1, -0.05) is 37.3 Å². The molecular weight excluding hydrogens is 272 g/mol. The second-order valence-electron chi connectivity index (χ2n) is 4.89. The molecule has 110 valence electrons. The van der Waals surface area contributed by atoms with E-state index in [2.05, 4.69) is 12.2 Å². The minimum Gasteiger partial charge on any atom is -0.345 e. The summed E-state index contributed by atoms with van der Waals surface area (Å²) >= 11 is 0. The van der Waals surface area contributed by atoms with Gasteiger partial charge in [-0.05, 0) is 36.6 Å². The monoisotopic (exact) mass is 289 g/mol. The molecule has 1 N–H and O–H groups in total. The van der Waals surface area contributed by atoms with Gasteiger partial charge < -0.3 is 5.32 Å². The summed E-state index contributed by atoms with van der Waals surface area (Å²) in [6, 6.07) is 10.8. The molecule has 2 rings (SSSR count). The average molecular weight is 289 g/mol. The number of carbonyl (C=O) groups excluding carboxylic acids is 1. The van der Waals surface area contributed by atoms with Crippen molar-refractivity contribution in [3.05, 3.63) is 70.8 Å². The average Bonchev–Trinajstić information content (AvgIpc) is 2.47. The van der Waals surface area contributed by atoms with Crippen LogP contribution in [0.3, 0.4) is 0 Å². The molecule has 0 aromatic heterocycles. The molecule has 2 aromatic rings. The van der Waals surface area contributed by atoms with E-state index < -0.39 is 23.1 Å². The van der Waals surface area contributed by atoms with E-state index in [1.807, 2.05) is 24.3 Å². The van der Waals surface area contributed by atoms with Crippen LogP contribution < -0.4 is 5.32 Å². The molecule has 0 heterocycles. The van der Waals surface area contributed by atoms with Gasteiger partial charge in [-0.2, -0.15) is 0 Å². The first-order valence-electron chi connectivity index (χ1n) is 6.86. The van der Waals surface area contributed by atoms with Crippen LogP contribution in [0.4, 0.5) is 8.78 Å². The molecule has 0 aliphatic heterocycles. The number of benzene rings is 2. The summed E-state index contributed by atoms with van der Waals surface area (Å²) in [5.74, 6) is -2.47. The van der Waals surface area contributed by atoms with Crippen molar-refractivity contribution < 1.29 is 13.6 Å². The number of hydrogen-bond acceptors (Lipinski definition) is 1. The standard InChI is InChI=1S/C17H17F2NO/c1-3-12-7-9-13(10-8-12)11(2)20-17(21)16-14(18)5-4-6-15(16)19/h4-11H,3H2,1-2H3,(H,20,21). The summed E-state index contributed by atoms with van der Waals surface area (Å²) in [7, 11) is 0. The van der Waals surface area contributed by atoms with Gasteiger partial charge in [0.15, 0.2) is 0 Å². The Bertz CT molecular complexity index is 617. The quantitative estimate of drug-likeness (QED) is 0.905. The molecule has 0 saturated carbocycles. The first-order chi connectivity index (χ1) is 10.0. The Hall–Kier alpha value is -2.23. The topological polar surface area (TPSA) is 29.1 Å². The summed E-state index contributed by atoms with van der Waals surface area (Å²) in [5.41, 5.74) is 1.53.